The molecular weight excluding hydrogens is 129 g/mol. The summed E-state index contributed by atoms with van der Waals surface area (Å²) in [6.07, 6.45) is 2.94. The van der Waals surface area contributed by atoms with Crippen molar-refractivity contribution in [3.63, 3.8) is 0 Å². The number of halogens is 1. The maximum atomic E-state index is 12.6. The highest BCUT2D eigenvalue weighted by molar-refractivity contribution is 5.46. The second-order valence-corrected chi connectivity index (χ2v) is 2.10. The lowest BCUT2D eigenvalue weighted by molar-refractivity contribution is 0.580. The monoisotopic (exact) mass is 137 g/mol. The van der Waals surface area contributed by atoms with E-state index in [1.165, 1.54) is 12.3 Å². The fourth-order valence-electron chi connectivity index (χ4n) is 0.718. The molecule has 0 saturated carbocycles. The van der Waals surface area contributed by atoms with Crippen LogP contribution in [-0.2, 0) is 0 Å². The van der Waals surface area contributed by atoms with Crippen molar-refractivity contribution in [2.45, 2.75) is 6.92 Å². The molecule has 0 amide bonds. The van der Waals surface area contributed by atoms with Crippen LogP contribution in [0.5, 0.6) is 0 Å². The Labute approximate surface area is 59.2 Å². The Bertz CT molecular complexity index is 255. The van der Waals surface area contributed by atoms with E-state index in [1.807, 2.05) is 6.92 Å². The minimum absolute atomic E-state index is 0.458. The summed E-state index contributed by atoms with van der Waals surface area (Å²) in [5, 5.41) is 0. The Morgan fingerprint density at radius 1 is 1.70 bits per heavy atom. The number of pyridine rings is 1. The van der Waals surface area contributed by atoms with Gasteiger partial charge in [0.1, 0.15) is 0 Å². The highest BCUT2D eigenvalue weighted by atomic mass is 19.1. The maximum Gasteiger partial charge on any atom is 0.220 e. The van der Waals surface area contributed by atoms with Gasteiger partial charge in [0.2, 0.25) is 5.95 Å². The second kappa shape index (κ2) is 2.60. The van der Waals surface area contributed by atoms with Crippen LogP contribution in [0.2, 0.25) is 0 Å². The van der Waals surface area contributed by atoms with Gasteiger partial charge in [0.15, 0.2) is 0 Å². The molecule has 0 atom stereocenters. The maximum absolute atomic E-state index is 12.6. The molecule has 2 heteroatoms. The zero-order chi connectivity index (χ0) is 7.56. The summed E-state index contributed by atoms with van der Waals surface area (Å²) in [6, 6.07) is 1.70. The fraction of sp³-hybridized carbons (Fsp3) is 0.125. The summed E-state index contributed by atoms with van der Waals surface area (Å²) >= 11 is 0. The quantitative estimate of drug-likeness (QED) is 0.540. The molecule has 1 rings (SSSR count). The van der Waals surface area contributed by atoms with Crippen molar-refractivity contribution in [2.75, 3.05) is 0 Å². The van der Waals surface area contributed by atoms with Crippen LogP contribution in [0, 0.1) is 12.9 Å². The van der Waals surface area contributed by atoms with Crippen LogP contribution >= 0.6 is 0 Å². The molecular formula is C8H8FN. The summed E-state index contributed by atoms with van der Waals surface area (Å²) < 4.78 is 12.6. The van der Waals surface area contributed by atoms with Crippen LogP contribution in [-0.4, -0.2) is 4.98 Å². The SMILES string of the molecule is C=Cc1cc(C)cnc1F. The normalized spacial score (nSPS) is 9.40. The average Bonchev–Trinajstić information content (AvgIpc) is 1.94. The van der Waals surface area contributed by atoms with Gasteiger partial charge in [-0.1, -0.05) is 12.7 Å². The lowest BCUT2D eigenvalue weighted by Gasteiger charge is -1.95. The second-order valence-electron chi connectivity index (χ2n) is 2.10. The lowest BCUT2D eigenvalue weighted by atomic mass is 10.2. The van der Waals surface area contributed by atoms with E-state index in [0.717, 1.165) is 5.56 Å². The number of nitrogens with zero attached hydrogens (tertiary/aromatic N) is 1. The minimum atomic E-state index is -0.458. The molecule has 0 aromatic carbocycles. The zero-order valence-electron chi connectivity index (χ0n) is 5.76. The van der Waals surface area contributed by atoms with Gasteiger partial charge in [-0.25, -0.2) is 4.98 Å². The summed E-state index contributed by atoms with van der Waals surface area (Å²) in [7, 11) is 0. The molecule has 0 aliphatic carbocycles. The summed E-state index contributed by atoms with van der Waals surface area (Å²) in [5.74, 6) is -0.458. The van der Waals surface area contributed by atoms with Gasteiger partial charge in [0, 0.05) is 11.8 Å². The van der Waals surface area contributed by atoms with E-state index in [2.05, 4.69) is 11.6 Å². The summed E-state index contributed by atoms with van der Waals surface area (Å²) in [5.41, 5.74) is 1.40. The van der Waals surface area contributed by atoms with E-state index in [1.54, 1.807) is 6.07 Å². The molecule has 0 fully saturated rings. The van der Waals surface area contributed by atoms with Gasteiger partial charge in [-0.15, -0.1) is 0 Å². The Kier molecular flexibility index (Phi) is 1.81. The van der Waals surface area contributed by atoms with Crippen LogP contribution in [0.1, 0.15) is 11.1 Å². The minimum Gasteiger partial charge on any atom is -0.228 e. The molecule has 0 saturated heterocycles. The van der Waals surface area contributed by atoms with E-state index < -0.39 is 5.95 Å². The molecule has 0 aliphatic rings. The molecule has 0 bridgehead atoms. The summed E-state index contributed by atoms with van der Waals surface area (Å²) in [6.45, 7) is 5.31. The van der Waals surface area contributed by atoms with E-state index in [-0.39, 0.29) is 0 Å². The first-order valence-corrected chi connectivity index (χ1v) is 2.98. The molecule has 1 aromatic rings. The van der Waals surface area contributed by atoms with Crippen molar-refractivity contribution < 1.29 is 4.39 Å². The van der Waals surface area contributed by atoms with Gasteiger partial charge in [-0.3, -0.25) is 0 Å². The first-order chi connectivity index (χ1) is 4.74. The molecule has 1 nitrogen and oxygen atoms in total. The van der Waals surface area contributed by atoms with Crippen molar-refractivity contribution >= 4 is 6.08 Å². The summed E-state index contributed by atoms with van der Waals surface area (Å²) in [4.78, 5) is 3.51. The molecule has 0 spiro atoms. The van der Waals surface area contributed by atoms with Gasteiger partial charge in [0.25, 0.3) is 0 Å². The topological polar surface area (TPSA) is 12.9 Å². The van der Waals surface area contributed by atoms with Crippen LogP contribution in [0.4, 0.5) is 4.39 Å². The fourth-order valence-corrected chi connectivity index (χ4v) is 0.718. The van der Waals surface area contributed by atoms with Gasteiger partial charge in [-0.05, 0) is 18.6 Å². The van der Waals surface area contributed by atoms with Gasteiger partial charge in [0.05, 0.1) is 0 Å². The highest BCUT2D eigenvalue weighted by Crippen LogP contribution is 2.06. The number of hydrogen-bond donors (Lipinski definition) is 0. The molecule has 0 N–H and O–H groups in total. The van der Waals surface area contributed by atoms with Crippen molar-refractivity contribution in [3.8, 4) is 0 Å². The first-order valence-electron chi connectivity index (χ1n) is 2.98. The van der Waals surface area contributed by atoms with Crippen LogP contribution < -0.4 is 0 Å². The molecule has 1 aromatic heterocycles. The van der Waals surface area contributed by atoms with E-state index in [0.29, 0.717) is 5.56 Å². The third-order valence-electron chi connectivity index (χ3n) is 1.22. The Balaban J connectivity index is 3.21. The number of aromatic nitrogens is 1. The number of hydrogen-bond acceptors (Lipinski definition) is 1. The standard InChI is InChI=1S/C8H8FN/c1-3-7-4-6(2)5-10-8(7)9/h3-5H,1H2,2H3. The van der Waals surface area contributed by atoms with Gasteiger partial charge >= 0.3 is 0 Å². The van der Waals surface area contributed by atoms with Gasteiger partial charge < -0.3 is 0 Å². The Morgan fingerprint density at radius 2 is 2.40 bits per heavy atom. The van der Waals surface area contributed by atoms with E-state index >= 15 is 0 Å². The van der Waals surface area contributed by atoms with E-state index in [4.69, 9.17) is 0 Å². The number of rotatable bonds is 1. The molecule has 52 valence electrons. The molecule has 10 heavy (non-hydrogen) atoms. The highest BCUT2D eigenvalue weighted by Gasteiger charge is 1.97. The third kappa shape index (κ3) is 1.21. The molecule has 0 unspecified atom stereocenters. The first kappa shape index (κ1) is 6.93. The predicted octanol–water partition coefficient (Wildman–Crippen LogP) is 2.17. The smallest absolute Gasteiger partial charge is 0.220 e. The van der Waals surface area contributed by atoms with E-state index in [9.17, 15) is 4.39 Å². The van der Waals surface area contributed by atoms with Crippen LogP contribution in [0.25, 0.3) is 6.08 Å². The Hall–Kier alpha value is -1.18. The molecule has 0 radical (unpaired) electrons. The van der Waals surface area contributed by atoms with Crippen LogP contribution in [0.3, 0.4) is 0 Å². The lowest BCUT2D eigenvalue weighted by Crippen LogP contribution is -1.87. The van der Waals surface area contributed by atoms with Gasteiger partial charge in [-0.2, -0.15) is 4.39 Å². The van der Waals surface area contributed by atoms with Crippen LogP contribution in [0.15, 0.2) is 18.8 Å². The average molecular weight is 137 g/mol. The Morgan fingerprint density at radius 3 is 2.90 bits per heavy atom. The van der Waals surface area contributed by atoms with Crippen molar-refractivity contribution in [2.24, 2.45) is 0 Å². The third-order valence-corrected chi connectivity index (χ3v) is 1.22. The number of aryl methyl sites for hydroxylation is 1. The van der Waals surface area contributed by atoms with Crippen molar-refractivity contribution in [1.29, 1.82) is 0 Å². The molecule has 0 aliphatic heterocycles. The van der Waals surface area contributed by atoms with Crippen molar-refractivity contribution in [1.82, 2.24) is 4.98 Å². The molecule has 1 heterocycles. The van der Waals surface area contributed by atoms with Crippen molar-refractivity contribution in [3.05, 3.63) is 35.9 Å². The predicted molar refractivity (Wildman–Crippen MR) is 39.0 cm³/mol. The zero-order valence-corrected chi connectivity index (χ0v) is 5.76. The largest absolute Gasteiger partial charge is 0.228 e.